The first-order valence-corrected chi connectivity index (χ1v) is 5.32. The Labute approximate surface area is 107 Å². The molecular weight excluding hydrogens is 255 g/mol. The smallest absolute Gasteiger partial charge is 0.304 e. The van der Waals surface area contributed by atoms with Crippen molar-refractivity contribution in [3.8, 4) is 0 Å². The second-order valence-electron chi connectivity index (χ2n) is 3.69. The SMILES string of the molecule is O=C(NCc1ccco1)c1ccc([N+](=O)[O-])c(F)c1. The summed E-state index contributed by atoms with van der Waals surface area (Å²) in [7, 11) is 0. The van der Waals surface area contributed by atoms with Crippen molar-refractivity contribution < 1.29 is 18.5 Å². The fraction of sp³-hybridized carbons (Fsp3) is 0.0833. The summed E-state index contributed by atoms with van der Waals surface area (Å²) in [6, 6.07) is 6.33. The van der Waals surface area contributed by atoms with E-state index in [0.29, 0.717) is 5.76 Å². The van der Waals surface area contributed by atoms with E-state index in [1.807, 2.05) is 0 Å². The Morgan fingerprint density at radius 2 is 2.21 bits per heavy atom. The van der Waals surface area contributed by atoms with E-state index in [-0.39, 0.29) is 12.1 Å². The monoisotopic (exact) mass is 264 g/mol. The second kappa shape index (κ2) is 5.30. The van der Waals surface area contributed by atoms with Crippen LogP contribution in [0, 0.1) is 15.9 Å². The molecule has 7 heteroatoms. The number of nitrogens with zero attached hydrogens (tertiary/aromatic N) is 1. The van der Waals surface area contributed by atoms with Gasteiger partial charge in [0.15, 0.2) is 0 Å². The Morgan fingerprint density at radius 1 is 1.42 bits per heavy atom. The van der Waals surface area contributed by atoms with Crippen molar-refractivity contribution in [2.24, 2.45) is 0 Å². The summed E-state index contributed by atoms with van der Waals surface area (Å²) in [6.45, 7) is 0.157. The lowest BCUT2D eigenvalue weighted by Gasteiger charge is -2.03. The maximum absolute atomic E-state index is 13.3. The van der Waals surface area contributed by atoms with Crippen LogP contribution in [0.4, 0.5) is 10.1 Å². The number of amides is 1. The molecule has 0 bridgehead atoms. The summed E-state index contributed by atoms with van der Waals surface area (Å²) in [5.74, 6) is -1.03. The van der Waals surface area contributed by atoms with Crippen LogP contribution >= 0.6 is 0 Å². The molecule has 0 atom stereocenters. The molecule has 0 unspecified atom stereocenters. The first-order valence-electron chi connectivity index (χ1n) is 5.32. The molecule has 2 rings (SSSR count). The van der Waals surface area contributed by atoms with Crippen molar-refractivity contribution >= 4 is 11.6 Å². The van der Waals surface area contributed by atoms with Crippen LogP contribution in [0.1, 0.15) is 16.1 Å². The zero-order chi connectivity index (χ0) is 13.8. The van der Waals surface area contributed by atoms with E-state index < -0.39 is 22.3 Å². The van der Waals surface area contributed by atoms with Crippen molar-refractivity contribution in [1.29, 1.82) is 0 Å². The molecule has 0 aliphatic heterocycles. The van der Waals surface area contributed by atoms with Crippen molar-refractivity contribution in [3.63, 3.8) is 0 Å². The highest BCUT2D eigenvalue weighted by Gasteiger charge is 2.16. The molecule has 19 heavy (non-hydrogen) atoms. The van der Waals surface area contributed by atoms with Gasteiger partial charge in [0.25, 0.3) is 5.91 Å². The topological polar surface area (TPSA) is 85.4 Å². The third-order valence-electron chi connectivity index (χ3n) is 2.41. The third kappa shape index (κ3) is 2.95. The number of carbonyl (C=O) groups excluding carboxylic acids is 1. The van der Waals surface area contributed by atoms with E-state index in [1.165, 1.54) is 12.3 Å². The number of halogens is 1. The number of nitro benzene ring substituents is 1. The van der Waals surface area contributed by atoms with Crippen molar-refractivity contribution in [3.05, 3.63) is 63.9 Å². The molecule has 1 aromatic carbocycles. The number of benzene rings is 1. The maximum Gasteiger partial charge on any atom is 0.304 e. The molecule has 0 fully saturated rings. The molecule has 1 amide bonds. The van der Waals surface area contributed by atoms with Gasteiger partial charge in [0.2, 0.25) is 5.82 Å². The molecule has 0 spiro atoms. The molecule has 0 aliphatic carbocycles. The molecule has 0 aliphatic rings. The van der Waals surface area contributed by atoms with E-state index in [4.69, 9.17) is 4.42 Å². The fourth-order valence-corrected chi connectivity index (χ4v) is 1.48. The van der Waals surface area contributed by atoms with Crippen LogP contribution in [0.5, 0.6) is 0 Å². The van der Waals surface area contributed by atoms with Gasteiger partial charge in [-0.3, -0.25) is 14.9 Å². The highest BCUT2D eigenvalue weighted by Crippen LogP contribution is 2.17. The second-order valence-corrected chi connectivity index (χ2v) is 3.69. The zero-order valence-corrected chi connectivity index (χ0v) is 9.63. The van der Waals surface area contributed by atoms with Gasteiger partial charge in [-0.25, -0.2) is 0 Å². The van der Waals surface area contributed by atoms with E-state index in [1.54, 1.807) is 12.1 Å². The van der Waals surface area contributed by atoms with Crippen molar-refractivity contribution in [2.75, 3.05) is 0 Å². The molecular formula is C12H9FN2O4. The molecule has 98 valence electrons. The fourth-order valence-electron chi connectivity index (χ4n) is 1.48. The van der Waals surface area contributed by atoms with Crippen LogP contribution in [0.3, 0.4) is 0 Å². The molecule has 6 nitrogen and oxygen atoms in total. The quantitative estimate of drug-likeness (QED) is 0.678. The molecule has 2 aromatic rings. The van der Waals surface area contributed by atoms with Crippen LogP contribution in [0.2, 0.25) is 0 Å². The average molecular weight is 264 g/mol. The standard InChI is InChI=1S/C12H9FN2O4/c13-10-6-8(3-4-11(10)15(17)18)12(16)14-7-9-2-1-5-19-9/h1-6H,7H2,(H,14,16). The number of hydrogen-bond donors (Lipinski definition) is 1. The highest BCUT2D eigenvalue weighted by atomic mass is 19.1. The number of nitrogens with one attached hydrogen (secondary N) is 1. The van der Waals surface area contributed by atoms with E-state index >= 15 is 0 Å². The number of hydrogen-bond acceptors (Lipinski definition) is 4. The van der Waals surface area contributed by atoms with Gasteiger partial charge in [-0.1, -0.05) is 0 Å². The minimum absolute atomic E-state index is 0.00894. The van der Waals surface area contributed by atoms with Crippen LogP contribution in [0.15, 0.2) is 41.0 Å². The average Bonchev–Trinajstić information content (AvgIpc) is 2.88. The predicted octanol–water partition coefficient (Wildman–Crippen LogP) is 2.26. The first kappa shape index (κ1) is 12.7. The number of nitro groups is 1. The van der Waals surface area contributed by atoms with Gasteiger partial charge in [0.1, 0.15) is 5.76 Å². The number of carbonyl (C=O) groups is 1. The normalized spacial score (nSPS) is 10.2. The van der Waals surface area contributed by atoms with Gasteiger partial charge in [0, 0.05) is 11.6 Å². The minimum Gasteiger partial charge on any atom is -0.467 e. The van der Waals surface area contributed by atoms with Gasteiger partial charge in [-0.05, 0) is 24.3 Å². The van der Waals surface area contributed by atoms with Gasteiger partial charge >= 0.3 is 5.69 Å². The number of rotatable bonds is 4. The van der Waals surface area contributed by atoms with Crippen LogP contribution in [0.25, 0.3) is 0 Å². The lowest BCUT2D eigenvalue weighted by molar-refractivity contribution is -0.387. The van der Waals surface area contributed by atoms with Gasteiger partial charge in [-0.2, -0.15) is 4.39 Å². The van der Waals surface area contributed by atoms with E-state index in [9.17, 15) is 19.3 Å². The predicted molar refractivity (Wildman–Crippen MR) is 62.9 cm³/mol. The minimum atomic E-state index is -1.05. The Kier molecular flexibility index (Phi) is 3.56. The van der Waals surface area contributed by atoms with Gasteiger partial charge in [0.05, 0.1) is 17.7 Å². The Balaban J connectivity index is 2.07. The van der Waals surface area contributed by atoms with Gasteiger partial charge in [-0.15, -0.1) is 0 Å². The lowest BCUT2D eigenvalue weighted by atomic mass is 10.2. The van der Waals surface area contributed by atoms with Crippen molar-refractivity contribution in [1.82, 2.24) is 5.32 Å². The summed E-state index contributed by atoms with van der Waals surface area (Å²) in [5, 5.41) is 12.9. The third-order valence-corrected chi connectivity index (χ3v) is 2.41. The highest BCUT2D eigenvalue weighted by molar-refractivity contribution is 5.94. The van der Waals surface area contributed by atoms with Crippen LogP contribution in [-0.4, -0.2) is 10.8 Å². The number of furan rings is 1. The summed E-state index contributed by atoms with van der Waals surface area (Å²) >= 11 is 0. The summed E-state index contributed by atoms with van der Waals surface area (Å²) in [5.41, 5.74) is -0.655. The molecule has 0 saturated heterocycles. The van der Waals surface area contributed by atoms with Crippen molar-refractivity contribution in [2.45, 2.75) is 6.54 Å². The first-order chi connectivity index (χ1) is 9.08. The van der Waals surface area contributed by atoms with Crippen LogP contribution in [-0.2, 0) is 6.54 Å². The molecule has 1 N–H and O–H groups in total. The summed E-state index contributed by atoms with van der Waals surface area (Å²) in [4.78, 5) is 21.3. The van der Waals surface area contributed by atoms with Gasteiger partial charge < -0.3 is 9.73 Å². The lowest BCUT2D eigenvalue weighted by Crippen LogP contribution is -2.22. The summed E-state index contributed by atoms with van der Waals surface area (Å²) in [6.07, 6.45) is 1.47. The largest absolute Gasteiger partial charge is 0.467 e. The van der Waals surface area contributed by atoms with E-state index in [0.717, 1.165) is 12.1 Å². The molecule has 0 radical (unpaired) electrons. The Bertz CT molecular complexity index is 610. The Hall–Kier alpha value is -2.70. The maximum atomic E-state index is 13.3. The van der Waals surface area contributed by atoms with E-state index in [2.05, 4.69) is 5.32 Å². The molecule has 1 heterocycles. The summed E-state index contributed by atoms with van der Waals surface area (Å²) < 4.78 is 18.4. The zero-order valence-electron chi connectivity index (χ0n) is 9.63. The molecule has 1 aromatic heterocycles. The van der Waals surface area contributed by atoms with Crippen LogP contribution < -0.4 is 5.32 Å². The Morgan fingerprint density at radius 3 is 2.79 bits per heavy atom. The molecule has 0 saturated carbocycles.